The average molecular weight is 247 g/mol. The third kappa shape index (κ3) is 3.49. The van der Waals surface area contributed by atoms with Crippen molar-refractivity contribution in [1.82, 2.24) is 0 Å². The quantitative estimate of drug-likeness (QED) is 0.874. The maximum atomic E-state index is 6.08. The fourth-order valence-electron chi connectivity index (χ4n) is 2.55. The Kier molecular flexibility index (Phi) is 3.96. The molecular weight excluding hydrogens is 222 g/mol. The van der Waals surface area contributed by atoms with E-state index in [2.05, 4.69) is 26.0 Å². The lowest BCUT2D eigenvalue weighted by atomic mass is 9.76. The highest BCUT2D eigenvalue weighted by Crippen LogP contribution is 2.36. The molecule has 2 nitrogen and oxygen atoms in total. The molecular formula is C16H25NO. The maximum absolute atomic E-state index is 6.08. The van der Waals surface area contributed by atoms with E-state index in [-0.39, 0.29) is 6.04 Å². The number of hydrogen-bond donors (Lipinski definition) is 1. The van der Waals surface area contributed by atoms with Crippen molar-refractivity contribution in [2.75, 3.05) is 0 Å². The molecule has 0 aromatic heterocycles. The first-order chi connectivity index (χ1) is 8.46. The first-order valence-electron chi connectivity index (χ1n) is 6.98. The summed E-state index contributed by atoms with van der Waals surface area (Å²) >= 11 is 0. The maximum Gasteiger partial charge on any atom is 0.120 e. The molecule has 1 aliphatic carbocycles. The predicted octanol–water partition coefficient (Wildman–Crippen LogP) is 4.05. The fourth-order valence-corrected chi connectivity index (χ4v) is 2.55. The Balaban J connectivity index is 1.96. The third-order valence-electron chi connectivity index (χ3n) is 3.97. The molecule has 2 heteroatoms. The molecule has 2 rings (SSSR count). The second-order valence-corrected chi connectivity index (χ2v) is 6.34. The Morgan fingerprint density at radius 2 is 1.94 bits per heavy atom. The van der Waals surface area contributed by atoms with Gasteiger partial charge in [0.25, 0.3) is 0 Å². The van der Waals surface area contributed by atoms with Crippen molar-refractivity contribution >= 4 is 0 Å². The molecule has 18 heavy (non-hydrogen) atoms. The molecule has 1 aromatic rings. The zero-order chi connectivity index (χ0) is 13.2. The number of rotatable bonds is 3. The average Bonchev–Trinajstić information content (AvgIpc) is 2.32. The molecule has 0 radical (unpaired) electrons. The third-order valence-corrected chi connectivity index (χ3v) is 3.97. The van der Waals surface area contributed by atoms with E-state index in [4.69, 9.17) is 10.5 Å². The molecule has 0 aliphatic heterocycles. The Morgan fingerprint density at radius 1 is 1.28 bits per heavy atom. The molecule has 0 amide bonds. The van der Waals surface area contributed by atoms with E-state index in [1.807, 2.05) is 19.1 Å². The minimum Gasteiger partial charge on any atom is -0.490 e. The zero-order valence-electron chi connectivity index (χ0n) is 11.8. The molecule has 2 N–H and O–H groups in total. The Morgan fingerprint density at radius 3 is 2.56 bits per heavy atom. The van der Waals surface area contributed by atoms with Crippen molar-refractivity contribution in [3.63, 3.8) is 0 Å². The summed E-state index contributed by atoms with van der Waals surface area (Å²) in [6.07, 6.45) is 5.21. The van der Waals surface area contributed by atoms with Crippen LogP contribution in [0.25, 0.3) is 0 Å². The number of ether oxygens (including phenoxy) is 1. The summed E-state index contributed by atoms with van der Waals surface area (Å²) in [4.78, 5) is 0. The first kappa shape index (κ1) is 13.4. The van der Waals surface area contributed by atoms with Crippen LogP contribution in [0, 0.1) is 5.41 Å². The lowest BCUT2D eigenvalue weighted by Gasteiger charge is -2.34. The van der Waals surface area contributed by atoms with Gasteiger partial charge in [-0.2, -0.15) is 0 Å². The molecule has 1 fully saturated rings. The van der Waals surface area contributed by atoms with Crippen molar-refractivity contribution in [2.45, 2.75) is 58.6 Å². The van der Waals surface area contributed by atoms with Gasteiger partial charge < -0.3 is 10.5 Å². The summed E-state index contributed by atoms with van der Waals surface area (Å²) in [7, 11) is 0. The van der Waals surface area contributed by atoms with E-state index >= 15 is 0 Å². The van der Waals surface area contributed by atoms with Gasteiger partial charge in [-0.15, -0.1) is 0 Å². The van der Waals surface area contributed by atoms with E-state index in [9.17, 15) is 0 Å². The van der Waals surface area contributed by atoms with Gasteiger partial charge in [-0.3, -0.25) is 0 Å². The monoisotopic (exact) mass is 247 g/mol. The van der Waals surface area contributed by atoms with Gasteiger partial charge in [0.1, 0.15) is 5.75 Å². The van der Waals surface area contributed by atoms with Gasteiger partial charge in [-0.05, 0) is 55.7 Å². The minimum absolute atomic E-state index is 0.0684. The Hall–Kier alpha value is -1.02. The smallest absolute Gasteiger partial charge is 0.120 e. The second-order valence-electron chi connectivity index (χ2n) is 6.34. The van der Waals surface area contributed by atoms with Crippen LogP contribution in [0.4, 0.5) is 0 Å². The van der Waals surface area contributed by atoms with E-state index in [0.29, 0.717) is 11.5 Å². The van der Waals surface area contributed by atoms with Gasteiger partial charge >= 0.3 is 0 Å². The van der Waals surface area contributed by atoms with Crippen LogP contribution in [0.2, 0.25) is 0 Å². The first-order valence-corrected chi connectivity index (χ1v) is 6.98. The molecule has 1 atom stereocenters. The topological polar surface area (TPSA) is 35.2 Å². The van der Waals surface area contributed by atoms with Crippen molar-refractivity contribution in [1.29, 1.82) is 0 Å². The summed E-state index contributed by atoms with van der Waals surface area (Å²) in [6.45, 7) is 6.70. The van der Waals surface area contributed by atoms with Crippen LogP contribution in [0.3, 0.4) is 0 Å². The van der Waals surface area contributed by atoms with Gasteiger partial charge in [0.2, 0.25) is 0 Å². The lowest BCUT2D eigenvalue weighted by Crippen LogP contribution is -2.28. The number of nitrogens with two attached hydrogens (primary N) is 1. The normalized spacial score (nSPS) is 21.6. The highest BCUT2D eigenvalue weighted by atomic mass is 16.5. The second kappa shape index (κ2) is 5.31. The molecule has 1 aliphatic rings. The Bertz CT molecular complexity index is 388. The molecule has 0 spiro atoms. The molecule has 100 valence electrons. The molecule has 1 aromatic carbocycles. The standard InChI is InChI=1S/C16H25NO/c1-12(17)13-5-4-6-15(11-13)18-14-7-9-16(2,3)10-8-14/h4-6,11-12,14H,7-10,17H2,1-3H3. The van der Waals surface area contributed by atoms with Crippen LogP contribution in [0.1, 0.15) is 58.1 Å². The number of benzene rings is 1. The van der Waals surface area contributed by atoms with Gasteiger partial charge in [0, 0.05) is 6.04 Å². The summed E-state index contributed by atoms with van der Waals surface area (Å²) in [5.41, 5.74) is 7.53. The van der Waals surface area contributed by atoms with Crippen molar-refractivity contribution < 1.29 is 4.74 Å². The highest BCUT2D eigenvalue weighted by molar-refractivity contribution is 5.30. The molecule has 0 heterocycles. The highest BCUT2D eigenvalue weighted by Gasteiger charge is 2.27. The zero-order valence-corrected chi connectivity index (χ0v) is 11.8. The van der Waals surface area contributed by atoms with Crippen molar-refractivity contribution in [3.05, 3.63) is 29.8 Å². The van der Waals surface area contributed by atoms with Crippen LogP contribution >= 0.6 is 0 Å². The van der Waals surface area contributed by atoms with E-state index < -0.39 is 0 Å². The Labute approximate surface area is 111 Å². The summed E-state index contributed by atoms with van der Waals surface area (Å²) in [5.74, 6) is 0.967. The summed E-state index contributed by atoms with van der Waals surface area (Å²) < 4.78 is 6.08. The van der Waals surface area contributed by atoms with Gasteiger partial charge in [-0.1, -0.05) is 26.0 Å². The van der Waals surface area contributed by atoms with Crippen molar-refractivity contribution in [3.8, 4) is 5.75 Å². The molecule has 1 saturated carbocycles. The van der Waals surface area contributed by atoms with Gasteiger partial charge in [0.05, 0.1) is 6.10 Å². The summed E-state index contributed by atoms with van der Waals surface area (Å²) in [6, 6.07) is 8.26. The molecule has 1 unspecified atom stereocenters. The van der Waals surface area contributed by atoms with Crippen LogP contribution in [-0.2, 0) is 0 Å². The van der Waals surface area contributed by atoms with E-state index in [0.717, 1.165) is 24.2 Å². The number of hydrogen-bond acceptors (Lipinski definition) is 2. The minimum atomic E-state index is 0.0684. The largest absolute Gasteiger partial charge is 0.490 e. The molecule has 0 bridgehead atoms. The summed E-state index contributed by atoms with van der Waals surface area (Å²) in [5, 5.41) is 0. The predicted molar refractivity (Wildman–Crippen MR) is 75.7 cm³/mol. The van der Waals surface area contributed by atoms with E-state index in [1.54, 1.807) is 0 Å². The van der Waals surface area contributed by atoms with Crippen molar-refractivity contribution in [2.24, 2.45) is 11.1 Å². The van der Waals surface area contributed by atoms with Gasteiger partial charge in [-0.25, -0.2) is 0 Å². The van der Waals surface area contributed by atoms with Crippen LogP contribution in [-0.4, -0.2) is 6.10 Å². The van der Waals surface area contributed by atoms with Gasteiger partial charge in [0.15, 0.2) is 0 Å². The SMILES string of the molecule is CC(N)c1cccc(OC2CCC(C)(C)CC2)c1. The van der Waals surface area contributed by atoms with E-state index in [1.165, 1.54) is 12.8 Å². The van der Waals surface area contributed by atoms with Crippen LogP contribution in [0.15, 0.2) is 24.3 Å². The van der Waals surface area contributed by atoms with Crippen LogP contribution in [0.5, 0.6) is 5.75 Å². The lowest BCUT2D eigenvalue weighted by molar-refractivity contribution is 0.0987. The van der Waals surface area contributed by atoms with Crippen LogP contribution < -0.4 is 10.5 Å². The fraction of sp³-hybridized carbons (Fsp3) is 0.625. The molecule has 0 saturated heterocycles.